The number of sulfonamides is 1. The lowest BCUT2D eigenvalue weighted by atomic mass is 9.94. The fourth-order valence-corrected chi connectivity index (χ4v) is 9.24. The second-order valence-corrected chi connectivity index (χ2v) is 23.6. The van der Waals surface area contributed by atoms with Crippen LogP contribution < -0.4 is 0 Å². The molecule has 0 unspecified atom stereocenters. The number of hydrogen-bond acceptors (Lipinski definition) is 4. The predicted molar refractivity (Wildman–Crippen MR) is 145 cm³/mol. The summed E-state index contributed by atoms with van der Waals surface area (Å²) >= 11 is 0. The van der Waals surface area contributed by atoms with Gasteiger partial charge in [-0.05, 0) is 76.1 Å². The lowest BCUT2D eigenvalue weighted by Gasteiger charge is -2.47. The van der Waals surface area contributed by atoms with E-state index in [-0.39, 0.29) is 11.1 Å². The van der Waals surface area contributed by atoms with Gasteiger partial charge in [-0.2, -0.15) is 0 Å². The number of rotatable bonds is 7. The molecule has 192 valence electrons. The van der Waals surface area contributed by atoms with Crippen molar-refractivity contribution in [2.24, 2.45) is 0 Å². The van der Waals surface area contributed by atoms with Crippen LogP contribution in [0.1, 0.15) is 58.4 Å². The van der Waals surface area contributed by atoms with Crippen molar-refractivity contribution < 1.29 is 17.3 Å². The van der Waals surface area contributed by atoms with Crippen molar-refractivity contribution in [1.29, 1.82) is 0 Å². The van der Waals surface area contributed by atoms with Gasteiger partial charge in [0.15, 0.2) is 16.6 Å². The number of nitrogens with zero attached hydrogens (tertiary/aromatic N) is 1. The summed E-state index contributed by atoms with van der Waals surface area (Å²) in [6.45, 7) is 20.0. The number of aryl methyl sites for hydroxylation is 1. The monoisotopic (exact) mass is 523 g/mol. The zero-order chi connectivity index (χ0) is 25.6. The maximum Gasteiger partial charge on any atom is 0.264 e. The summed E-state index contributed by atoms with van der Waals surface area (Å²) in [4.78, 5) is 0.332. The predicted octanol–water partition coefficient (Wildman–Crippen LogP) is 6.83. The molecule has 0 aromatic heterocycles. The van der Waals surface area contributed by atoms with Gasteiger partial charge >= 0.3 is 0 Å². The fraction of sp³-hybridized carbons (Fsp3) is 0.692. The first-order valence-electron chi connectivity index (χ1n) is 12.6. The van der Waals surface area contributed by atoms with E-state index in [0.717, 1.165) is 43.4 Å². The highest BCUT2D eigenvalue weighted by molar-refractivity contribution is 7.89. The van der Waals surface area contributed by atoms with Crippen LogP contribution >= 0.6 is 0 Å². The molecule has 34 heavy (non-hydrogen) atoms. The Morgan fingerprint density at radius 1 is 1.00 bits per heavy atom. The van der Waals surface area contributed by atoms with Gasteiger partial charge in [-0.1, -0.05) is 57.4 Å². The molecule has 5 nitrogen and oxygen atoms in total. The Morgan fingerprint density at radius 3 is 2.06 bits per heavy atom. The normalized spacial score (nSPS) is 22.1. The highest BCUT2D eigenvalue weighted by Crippen LogP contribution is 2.46. The van der Waals surface area contributed by atoms with Crippen molar-refractivity contribution in [3.8, 4) is 0 Å². The van der Waals surface area contributed by atoms with Crippen LogP contribution in [0.15, 0.2) is 40.9 Å². The summed E-state index contributed by atoms with van der Waals surface area (Å²) in [5.41, 5.74) is 1.36. The van der Waals surface area contributed by atoms with E-state index in [2.05, 4.69) is 59.6 Å². The van der Waals surface area contributed by atoms with E-state index in [9.17, 15) is 8.42 Å². The Bertz CT molecular complexity index is 999. The van der Waals surface area contributed by atoms with Gasteiger partial charge in [-0.15, -0.1) is 0 Å². The van der Waals surface area contributed by atoms with E-state index in [4.69, 9.17) is 8.85 Å². The Kier molecular flexibility index (Phi) is 7.73. The Labute approximate surface area is 210 Å². The zero-order valence-corrected chi connectivity index (χ0v) is 25.5. The molecule has 0 spiro atoms. The van der Waals surface area contributed by atoms with E-state index in [1.165, 1.54) is 0 Å². The lowest BCUT2D eigenvalue weighted by molar-refractivity contribution is 0.0680. The molecule has 1 aliphatic heterocycles. The Morgan fingerprint density at radius 2 is 1.56 bits per heavy atom. The minimum Gasteiger partial charge on any atom is -0.412 e. The van der Waals surface area contributed by atoms with Crippen molar-refractivity contribution in [3.05, 3.63) is 41.6 Å². The maximum absolute atomic E-state index is 14.1. The Balaban J connectivity index is 2.07. The van der Waals surface area contributed by atoms with Crippen LogP contribution in [-0.4, -0.2) is 47.6 Å². The molecular formula is C26H45NO4SSi2. The van der Waals surface area contributed by atoms with Gasteiger partial charge < -0.3 is 8.85 Å². The smallest absolute Gasteiger partial charge is 0.264 e. The van der Waals surface area contributed by atoms with Crippen molar-refractivity contribution in [3.63, 3.8) is 0 Å². The third-order valence-corrected chi connectivity index (χ3v) is 14.8. The van der Waals surface area contributed by atoms with Crippen LogP contribution in [-0.2, 0) is 18.9 Å². The molecule has 1 atom stereocenters. The summed E-state index contributed by atoms with van der Waals surface area (Å²) < 4.78 is 43.4. The quantitative estimate of drug-likeness (QED) is 0.368. The van der Waals surface area contributed by atoms with Gasteiger partial charge in [-0.25, -0.2) is 8.42 Å². The van der Waals surface area contributed by atoms with Crippen LogP contribution in [0, 0.1) is 6.92 Å². The van der Waals surface area contributed by atoms with Crippen molar-refractivity contribution in [2.75, 3.05) is 6.54 Å². The molecule has 0 bridgehead atoms. The summed E-state index contributed by atoms with van der Waals surface area (Å²) in [7, 11) is -7.72. The second kappa shape index (κ2) is 9.50. The zero-order valence-electron chi connectivity index (χ0n) is 22.7. The highest BCUT2D eigenvalue weighted by Gasteiger charge is 2.49. The van der Waals surface area contributed by atoms with Crippen LogP contribution in [0.5, 0.6) is 0 Å². The first-order valence-corrected chi connectivity index (χ1v) is 20.4. The Hall–Kier alpha value is -0.936. The molecule has 2 aliphatic rings. The maximum atomic E-state index is 14.1. The molecule has 1 aromatic rings. The molecule has 1 saturated carbocycles. The molecule has 0 radical (unpaired) electrons. The third kappa shape index (κ3) is 5.89. The van der Waals surface area contributed by atoms with Gasteiger partial charge in [0.05, 0.1) is 28.8 Å². The SMILES string of the molecule is Cc1ccc(S(=O)(=O)N2C[C@@H](O[Si](C)(C)C(C)(C)C)CC=C2C2(O[Si](C)(C)C)CCCC2)cc1. The van der Waals surface area contributed by atoms with Gasteiger partial charge in [0.1, 0.15) is 0 Å². The molecule has 0 N–H and O–H groups in total. The molecular weight excluding hydrogens is 479 g/mol. The van der Waals surface area contributed by atoms with Crippen molar-refractivity contribution in [2.45, 2.75) is 114 Å². The van der Waals surface area contributed by atoms with E-state index in [0.29, 0.717) is 11.4 Å². The summed E-state index contributed by atoms with van der Waals surface area (Å²) in [5, 5.41) is 0.0608. The first-order chi connectivity index (χ1) is 15.5. The van der Waals surface area contributed by atoms with E-state index >= 15 is 0 Å². The standard InChI is InChI=1S/C26H45NO4SSi2/c1-21-12-15-23(16-13-21)32(28,29)27-20-22(30-34(8,9)25(2,3)4)14-17-24(27)26(18-10-11-19-26)31-33(5,6)7/h12-13,15-17,22H,10-11,14,18-20H2,1-9H3/t22-/m0/s1. The molecule has 0 saturated heterocycles. The lowest BCUT2D eigenvalue weighted by Crippen LogP contribution is -2.54. The van der Waals surface area contributed by atoms with Gasteiger partial charge in [0, 0.05) is 0 Å². The van der Waals surface area contributed by atoms with Crippen LogP contribution in [0.4, 0.5) is 0 Å². The van der Waals surface area contributed by atoms with E-state index in [1.807, 2.05) is 19.1 Å². The first kappa shape index (κ1) is 27.6. The summed E-state index contributed by atoms with van der Waals surface area (Å²) in [6, 6.07) is 7.18. The average molecular weight is 524 g/mol. The molecule has 1 aliphatic carbocycles. The van der Waals surface area contributed by atoms with E-state index in [1.54, 1.807) is 16.4 Å². The summed E-state index contributed by atoms with van der Waals surface area (Å²) in [6.07, 6.45) is 6.55. The largest absolute Gasteiger partial charge is 0.412 e. The van der Waals surface area contributed by atoms with Crippen molar-refractivity contribution >= 4 is 26.7 Å². The molecule has 8 heteroatoms. The third-order valence-electron chi connectivity index (χ3n) is 7.47. The fourth-order valence-electron chi connectivity index (χ4n) is 4.80. The number of benzene rings is 1. The second-order valence-electron chi connectivity index (χ2n) is 12.6. The topological polar surface area (TPSA) is 55.8 Å². The van der Waals surface area contributed by atoms with Crippen LogP contribution in [0.2, 0.25) is 37.8 Å². The van der Waals surface area contributed by atoms with Gasteiger partial charge in [0.25, 0.3) is 10.0 Å². The molecule has 0 amide bonds. The minimum atomic E-state index is -3.75. The van der Waals surface area contributed by atoms with Crippen molar-refractivity contribution in [1.82, 2.24) is 4.31 Å². The molecule has 3 rings (SSSR count). The molecule has 1 heterocycles. The summed E-state index contributed by atoms with van der Waals surface area (Å²) in [5.74, 6) is 0. The van der Waals surface area contributed by atoms with E-state index < -0.39 is 32.3 Å². The number of hydrogen-bond donors (Lipinski definition) is 0. The van der Waals surface area contributed by atoms with Gasteiger partial charge in [-0.3, -0.25) is 4.31 Å². The molecule has 1 aromatic carbocycles. The van der Waals surface area contributed by atoms with Crippen LogP contribution in [0.25, 0.3) is 0 Å². The minimum absolute atomic E-state index is 0.0608. The molecule has 1 fully saturated rings. The highest BCUT2D eigenvalue weighted by atomic mass is 32.2. The van der Waals surface area contributed by atoms with Gasteiger partial charge in [0.2, 0.25) is 0 Å². The van der Waals surface area contributed by atoms with Crippen LogP contribution in [0.3, 0.4) is 0 Å². The average Bonchev–Trinajstić information content (AvgIpc) is 3.14.